The molecule has 76 valence electrons. The first-order valence-corrected chi connectivity index (χ1v) is 4.58. The SMILES string of the molecule is Cc1cnccc1-c1ccc(F)cc1O. The molecule has 0 aliphatic heterocycles. The van der Waals surface area contributed by atoms with Crippen LogP contribution in [-0.4, -0.2) is 10.1 Å². The average Bonchev–Trinajstić information content (AvgIpc) is 2.20. The van der Waals surface area contributed by atoms with Crippen LogP contribution in [0.2, 0.25) is 0 Å². The molecule has 0 saturated heterocycles. The maximum Gasteiger partial charge on any atom is 0.126 e. The number of phenolic OH excluding ortho intramolecular Hbond substituents is 1. The molecular formula is C12H10FNO. The van der Waals surface area contributed by atoms with Crippen molar-refractivity contribution >= 4 is 0 Å². The van der Waals surface area contributed by atoms with Gasteiger partial charge in [-0.3, -0.25) is 4.98 Å². The van der Waals surface area contributed by atoms with Gasteiger partial charge in [0.2, 0.25) is 0 Å². The summed E-state index contributed by atoms with van der Waals surface area (Å²) in [6.45, 7) is 1.89. The van der Waals surface area contributed by atoms with Gasteiger partial charge in [0, 0.05) is 24.0 Å². The molecule has 15 heavy (non-hydrogen) atoms. The van der Waals surface area contributed by atoms with Crippen LogP contribution in [0.4, 0.5) is 4.39 Å². The molecule has 0 aliphatic rings. The van der Waals surface area contributed by atoms with E-state index in [1.807, 2.05) is 6.92 Å². The summed E-state index contributed by atoms with van der Waals surface area (Å²) in [6, 6.07) is 5.79. The number of aromatic nitrogens is 1. The topological polar surface area (TPSA) is 33.1 Å². The van der Waals surface area contributed by atoms with Crippen molar-refractivity contribution in [3.8, 4) is 16.9 Å². The molecule has 0 atom stereocenters. The van der Waals surface area contributed by atoms with Crippen LogP contribution in [0.3, 0.4) is 0 Å². The highest BCUT2D eigenvalue weighted by Gasteiger charge is 2.07. The number of benzene rings is 1. The minimum atomic E-state index is -0.442. The van der Waals surface area contributed by atoms with Crippen LogP contribution in [0.5, 0.6) is 5.75 Å². The Morgan fingerprint density at radius 2 is 2.00 bits per heavy atom. The quantitative estimate of drug-likeness (QED) is 0.773. The van der Waals surface area contributed by atoms with Gasteiger partial charge >= 0.3 is 0 Å². The van der Waals surface area contributed by atoms with E-state index in [1.54, 1.807) is 24.5 Å². The van der Waals surface area contributed by atoms with Gasteiger partial charge in [-0.1, -0.05) is 0 Å². The zero-order valence-electron chi connectivity index (χ0n) is 8.24. The van der Waals surface area contributed by atoms with Crippen molar-refractivity contribution in [1.82, 2.24) is 4.98 Å². The molecule has 0 unspecified atom stereocenters. The molecule has 0 bridgehead atoms. The number of hydrogen-bond donors (Lipinski definition) is 1. The highest BCUT2D eigenvalue weighted by Crippen LogP contribution is 2.31. The van der Waals surface area contributed by atoms with Gasteiger partial charge in [-0.15, -0.1) is 0 Å². The van der Waals surface area contributed by atoms with Crippen molar-refractivity contribution in [3.63, 3.8) is 0 Å². The Labute approximate surface area is 87.0 Å². The van der Waals surface area contributed by atoms with Crippen molar-refractivity contribution in [2.24, 2.45) is 0 Å². The smallest absolute Gasteiger partial charge is 0.126 e. The van der Waals surface area contributed by atoms with E-state index in [4.69, 9.17) is 0 Å². The predicted octanol–water partition coefficient (Wildman–Crippen LogP) is 2.90. The number of pyridine rings is 1. The largest absolute Gasteiger partial charge is 0.507 e. The normalized spacial score (nSPS) is 10.3. The van der Waals surface area contributed by atoms with Gasteiger partial charge in [-0.05, 0) is 36.2 Å². The summed E-state index contributed by atoms with van der Waals surface area (Å²) >= 11 is 0. The van der Waals surface area contributed by atoms with Crippen LogP contribution in [0.25, 0.3) is 11.1 Å². The van der Waals surface area contributed by atoms with E-state index in [9.17, 15) is 9.50 Å². The standard InChI is InChI=1S/C12H10FNO/c1-8-7-14-5-4-10(8)11-3-2-9(13)6-12(11)15/h2-7,15H,1H3. The van der Waals surface area contributed by atoms with E-state index >= 15 is 0 Å². The Morgan fingerprint density at radius 1 is 1.20 bits per heavy atom. The van der Waals surface area contributed by atoms with Gasteiger partial charge in [0.15, 0.2) is 0 Å². The molecule has 2 aromatic rings. The van der Waals surface area contributed by atoms with Crippen LogP contribution in [0, 0.1) is 12.7 Å². The molecule has 1 aromatic heterocycles. The molecule has 1 aromatic carbocycles. The molecule has 2 rings (SSSR count). The second kappa shape index (κ2) is 3.69. The Kier molecular flexibility index (Phi) is 2.37. The monoisotopic (exact) mass is 203 g/mol. The summed E-state index contributed by atoms with van der Waals surface area (Å²) in [6.07, 6.45) is 3.35. The Bertz CT molecular complexity index is 497. The molecule has 2 nitrogen and oxygen atoms in total. The maximum absolute atomic E-state index is 12.8. The number of rotatable bonds is 1. The lowest BCUT2D eigenvalue weighted by atomic mass is 10.0. The second-order valence-corrected chi connectivity index (χ2v) is 3.35. The van der Waals surface area contributed by atoms with Gasteiger partial charge < -0.3 is 5.11 Å². The predicted molar refractivity (Wildman–Crippen MR) is 56.0 cm³/mol. The van der Waals surface area contributed by atoms with E-state index in [1.165, 1.54) is 6.07 Å². The number of aryl methyl sites for hydroxylation is 1. The Morgan fingerprint density at radius 3 is 2.67 bits per heavy atom. The molecule has 0 amide bonds. The van der Waals surface area contributed by atoms with Gasteiger partial charge in [0.05, 0.1) is 0 Å². The fourth-order valence-electron chi connectivity index (χ4n) is 1.51. The number of phenols is 1. The summed E-state index contributed by atoms with van der Waals surface area (Å²) in [5, 5.41) is 9.61. The van der Waals surface area contributed by atoms with Crippen LogP contribution < -0.4 is 0 Å². The fourth-order valence-corrected chi connectivity index (χ4v) is 1.51. The van der Waals surface area contributed by atoms with Crippen LogP contribution >= 0.6 is 0 Å². The summed E-state index contributed by atoms with van der Waals surface area (Å²) < 4.78 is 12.8. The molecular weight excluding hydrogens is 193 g/mol. The van der Waals surface area contributed by atoms with E-state index < -0.39 is 5.82 Å². The summed E-state index contributed by atoms with van der Waals surface area (Å²) in [5.41, 5.74) is 2.43. The molecule has 0 spiro atoms. The lowest BCUT2D eigenvalue weighted by Gasteiger charge is -2.07. The van der Waals surface area contributed by atoms with E-state index in [2.05, 4.69) is 4.98 Å². The lowest BCUT2D eigenvalue weighted by molar-refractivity contribution is 0.471. The van der Waals surface area contributed by atoms with E-state index in [-0.39, 0.29) is 5.75 Å². The molecule has 0 fully saturated rings. The first kappa shape index (κ1) is 9.65. The van der Waals surface area contributed by atoms with Crippen LogP contribution in [0.1, 0.15) is 5.56 Å². The van der Waals surface area contributed by atoms with Crippen molar-refractivity contribution in [1.29, 1.82) is 0 Å². The van der Waals surface area contributed by atoms with Gasteiger partial charge in [0.1, 0.15) is 11.6 Å². The molecule has 0 radical (unpaired) electrons. The lowest BCUT2D eigenvalue weighted by Crippen LogP contribution is -1.86. The maximum atomic E-state index is 12.8. The highest BCUT2D eigenvalue weighted by molar-refractivity contribution is 5.72. The molecule has 1 N–H and O–H groups in total. The average molecular weight is 203 g/mol. The first-order valence-electron chi connectivity index (χ1n) is 4.58. The van der Waals surface area contributed by atoms with E-state index in [0.29, 0.717) is 5.56 Å². The highest BCUT2D eigenvalue weighted by atomic mass is 19.1. The Balaban J connectivity index is 2.60. The number of halogens is 1. The molecule has 0 saturated carbocycles. The Hall–Kier alpha value is -1.90. The van der Waals surface area contributed by atoms with E-state index in [0.717, 1.165) is 17.2 Å². The third-order valence-corrected chi connectivity index (χ3v) is 2.27. The minimum absolute atomic E-state index is 0.0516. The van der Waals surface area contributed by atoms with Crippen molar-refractivity contribution < 1.29 is 9.50 Å². The second-order valence-electron chi connectivity index (χ2n) is 3.35. The number of hydrogen-bond acceptors (Lipinski definition) is 2. The number of aromatic hydroxyl groups is 1. The van der Waals surface area contributed by atoms with Crippen LogP contribution in [-0.2, 0) is 0 Å². The minimum Gasteiger partial charge on any atom is -0.507 e. The summed E-state index contributed by atoms with van der Waals surface area (Å²) in [7, 11) is 0. The first-order chi connectivity index (χ1) is 7.18. The van der Waals surface area contributed by atoms with Gasteiger partial charge in [-0.25, -0.2) is 4.39 Å². The molecule has 1 heterocycles. The van der Waals surface area contributed by atoms with Crippen molar-refractivity contribution in [3.05, 3.63) is 48.0 Å². The fraction of sp³-hybridized carbons (Fsp3) is 0.0833. The zero-order chi connectivity index (χ0) is 10.8. The third-order valence-electron chi connectivity index (χ3n) is 2.27. The summed E-state index contributed by atoms with van der Waals surface area (Å²) in [4.78, 5) is 3.96. The van der Waals surface area contributed by atoms with Crippen molar-refractivity contribution in [2.75, 3.05) is 0 Å². The molecule has 3 heteroatoms. The third kappa shape index (κ3) is 1.81. The summed E-state index contributed by atoms with van der Waals surface area (Å²) in [5.74, 6) is -0.493. The molecule has 0 aliphatic carbocycles. The van der Waals surface area contributed by atoms with Gasteiger partial charge in [-0.2, -0.15) is 0 Å². The van der Waals surface area contributed by atoms with Crippen LogP contribution in [0.15, 0.2) is 36.7 Å². The van der Waals surface area contributed by atoms with Gasteiger partial charge in [0.25, 0.3) is 0 Å². The van der Waals surface area contributed by atoms with Crippen molar-refractivity contribution in [2.45, 2.75) is 6.92 Å². The number of nitrogens with zero attached hydrogens (tertiary/aromatic N) is 1. The zero-order valence-corrected chi connectivity index (χ0v) is 8.24.